The lowest BCUT2D eigenvalue weighted by Gasteiger charge is -2.16. The topological polar surface area (TPSA) is 29.5 Å². The van der Waals surface area contributed by atoms with Crippen LogP contribution in [0.15, 0.2) is 48.5 Å². The van der Waals surface area contributed by atoms with Crippen molar-refractivity contribution in [3.63, 3.8) is 0 Å². The van der Waals surface area contributed by atoms with Gasteiger partial charge in [-0.25, -0.2) is 8.78 Å². The number of hydrogen-bond donors (Lipinski definition) is 1. The summed E-state index contributed by atoms with van der Waals surface area (Å²) in [6.45, 7) is 2.32. The number of benzene rings is 2. The first-order valence-corrected chi connectivity index (χ1v) is 6.41. The summed E-state index contributed by atoms with van der Waals surface area (Å²) in [5, 5.41) is 10.4. The Morgan fingerprint density at radius 1 is 1.05 bits per heavy atom. The maximum atomic E-state index is 12.7. The van der Waals surface area contributed by atoms with E-state index in [1.807, 2.05) is 6.92 Å². The van der Waals surface area contributed by atoms with E-state index in [0.717, 1.165) is 0 Å². The highest BCUT2D eigenvalue weighted by Crippen LogP contribution is 2.31. The minimum atomic E-state index is -2.55. The molecule has 0 aliphatic carbocycles. The van der Waals surface area contributed by atoms with Gasteiger partial charge in [0.15, 0.2) is 0 Å². The molecule has 2 aromatic rings. The predicted octanol–water partition coefficient (Wildman–Crippen LogP) is 4.10. The van der Waals surface area contributed by atoms with E-state index in [4.69, 9.17) is 4.74 Å². The molecule has 4 heteroatoms. The summed E-state index contributed by atoms with van der Waals surface area (Å²) in [6.07, 6.45) is -3.54. The van der Waals surface area contributed by atoms with Gasteiger partial charge in [-0.15, -0.1) is 0 Å². The molecule has 2 nitrogen and oxygen atoms in total. The standard InChI is InChI=1S/C16H16F2O2/c1-2-20-14-9-4-3-8-13(14)15(19)11-6-5-7-12(10-11)16(17)18/h3-10,15-16,19H,2H2,1H3. The lowest BCUT2D eigenvalue weighted by Crippen LogP contribution is -2.04. The van der Waals surface area contributed by atoms with Gasteiger partial charge in [0.05, 0.1) is 6.61 Å². The molecular formula is C16H16F2O2. The smallest absolute Gasteiger partial charge is 0.263 e. The SMILES string of the molecule is CCOc1ccccc1C(O)c1cccc(C(F)F)c1. The van der Waals surface area contributed by atoms with E-state index in [2.05, 4.69) is 0 Å². The van der Waals surface area contributed by atoms with Crippen molar-refractivity contribution in [1.29, 1.82) is 0 Å². The fraction of sp³-hybridized carbons (Fsp3) is 0.250. The number of halogens is 2. The summed E-state index contributed by atoms with van der Waals surface area (Å²) >= 11 is 0. The summed E-state index contributed by atoms with van der Waals surface area (Å²) in [5.41, 5.74) is 0.895. The molecule has 0 fully saturated rings. The van der Waals surface area contributed by atoms with Crippen LogP contribution >= 0.6 is 0 Å². The Bertz CT molecular complexity index is 570. The zero-order valence-electron chi connectivity index (χ0n) is 11.1. The van der Waals surface area contributed by atoms with Crippen LogP contribution in [0.3, 0.4) is 0 Å². The zero-order chi connectivity index (χ0) is 14.5. The molecule has 0 radical (unpaired) electrons. The van der Waals surface area contributed by atoms with E-state index in [9.17, 15) is 13.9 Å². The van der Waals surface area contributed by atoms with Gasteiger partial charge < -0.3 is 9.84 Å². The van der Waals surface area contributed by atoms with Crippen molar-refractivity contribution in [3.8, 4) is 5.75 Å². The van der Waals surface area contributed by atoms with Crippen molar-refractivity contribution < 1.29 is 18.6 Å². The van der Waals surface area contributed by atoms with Crippen molar-refractivity contribution in [1.82, 2.24) is 0 Å². The molecule has 1 N–H and O–H groups in total. The minimum absolute atomic E-state index is 0.101. The molecule has 106 valence electrons. The average molecular weight is 278 g/mol. The molecule has 0 bridgehead atoms. The molecule has 0 aliphatic rings. The van der Waals surface area contributed by atoms with Gasteiger partial charge in [-0.2, -0.15) is 0 Å². The van der Waals surface area contributed by atoms with E-state index >= 15 is 0 Å². The van der Waals surface area contributed by atoms with Crippen molar-refractivity contribution >= 4 is 0 Å². The van der Waals surface area contributed by atoms with Gasteiger partial charge in [0.1, 0.15) is 11.9 Å². The van der Waals surface area contributed by atoms with Crippen molar-refractivity contribution in [2.24, 2.45) is 0 Å². The normalized spacial score (nSPS) is 12.4. The monoisotopic (exact) mass is 278 g/mol. The van der Waals surface area contributed by atoms with Gasteiger partial charge in [-0.1, -0.05) is 36.4 Å². The molecule has 20 heavy (non-hydrogen) atoms. The van der Waals surface area contributed by atoms with Crippen LogP contribution in [0, 0.1) is 0 Å². The maximum Gasteiger partial charge on any atom is 0.263 e. The summed E-state index contributed by atoms with van der Waals surface area (Å²) < 4.78 is 30.9. The predicted molar refractivity (Wildman–Crippen MR) is 73.1 cm³/mol. The van der Waals surface area contributed by atoms with Crippen LogP contribution in [0.2, 0.25) is 0 Å². The molecular weight excluding hydrogens is 262 g/mol. The Labute approximate surface area is 116 Å². The second-order valence-corrected chi connectivity index (χ2v) is 4.34. The van der Waals surface area contributed by atoms with Crippen LogP contribution in [0.1, 0.15) is 36.1 Å². The number of ether oxygens (including phenoxy) is 1. The molecule has 2 rings (SSSR count). The van der Waals surface area contributed by atoms with Crippen LogP contribution in [-0.2, 0) is 0 Å². The van der Waals surface area contributed by atoms with E-state index < -0.39 is 12.5 Å². The third-order valence-electron chi connectivity index (χ3n) is 2.99. The Morgan fingerprint density at radius 3 is 2.45 bits per heavy atom. The fourth-order valence-electron chi connectivity index (χ4n) is 2.04. The second-order valence-electron chi connectivity index (χ2n) is 4.34. The number of alkyl halides is 2. The third-order valence-corrected chi connectivity index (χ3v) is 2.99. The van der Waals surface area contributed by atoms with E-state index in [-0.39, 0.29) is 5.56 Å². The number of rotatable bonds is 5. The lowest BCUT2D eigenvalue weighted by atomic mass is 9.99. The highest BCUT2D eigenvalue weighted by Gasteiger charge is 2.17. The van der Waals surface area contributed by atoms with Crippen LogP contribution < -0.4 is 4.74 Å². The van der Waals surface area contributed by atoms with E-state index in [0.29, 0.717) is 23.5 Å². The summed E-state index contributed by atoms with van der Waals surface area (Å²) in [7, 11) is 0. The van der Waals surface area contributed by atoms with Crippen molar-refractivity contribution in [2.45, 2.75) is 19.5 Å². The summed E-state index contributed by atoms with van der Waals surface area (Å²) in [6, 6.07) is 12.9. The van der Waals surface area contributed by atoms with Gasteiger partial charge in [0.25, 0.3) is 6.43 Å². The van der Waals surface area contributed by atoms with Crippen LogP contribution in [0.4, 0.5) is 8.78 Å². The highest BCUT2D eigenvalue weighted by molar-refractivity contribution is 5.41. The number of hydrogen-bond acceptors (Lipinski definition) is 2. The Morgan fingerprint density at radius 2 is 1.75 bits per heavy atom. The molecule has 0 saturated heterocycles. The first kappa shape index (κ1) is 14.5. The number of para-hydroxylation sites is 1. The first-order chi connectivity index (χ1) is 9.63. The third kappa shape index (κ3) is 3.14. The zero-order valence-corrected chi connectivity index (χ0v) is 11.1. The van der Waals surface area contributed by atoms with Gasteiger partial charge in [0, 0.05) is 11.1 Å². The first-order valence-electron chi connectivity index (χ1n) is 6.41. The summed E-state index contributed by atoms with van der Waals surface area (Å²) in [4.78, 5) is 0. The van der Waals surface area contributed by atoms with Gasteiger partial charge in [0.2, 0.25) is 0 Å². The molecule has 0 spiro atoms. The Kier molecular flexibility index (Phi) is 4.69. The molecule has 1 atom stereocenters. The molecule has 0 amide bonds. The van der Waals surface area contributed by atoms with Gasteiger partial charge >= 0.3 is 0 Å². The lowest BCUT2D eigenvalue weighted by molar-refractivity contribution is 0.150. The molecule has 0 aliphatic heterocycles. The summed E-state index contributed by atoms with van der Waals surface area (Å²) in [5.74, 6) is 0.560. The fourth-order valence-corrected chi connectivity index (χ4v) is 2.04. The second kappa shape index (κ2) is 6.48. The molecule has 1 unspecified atom stereocenters. The van der Waals surface area contributed by atoms with Crippen LogP contribution in [0.5, 0.6) is 5.75 Å². The average Bonchev–Trinajstić information content (AvgIpc) is 2.47. The van der Waals surface area contributed by atoms with Crippen molar-refractivity contribution in [3.05, 3.63) is 65.2 Å². The molecule has 2 aromatic carbocycles. The number of aliphatic hydroxyl groups excluding tert-OH is 1. The van der Waals surface area contributed by atoms with E-state index in [1.54, 1.807) is 30.3 Å². The van der Waals surface area contributed by atoms with Gasteiger partial charge in [-0.05, 0) is 24.6 Å². The minimum Gasteiger partial charge on any atom is -0.493 e. The van der Waals surface area contributed by atoms with Crippen LogP contribution in [-0.4, -0.2) is 11.7 Å². The van der Waals surface area contributed by atoms with Gasteiger partial charge in [-0.3, -0.25) is 0 Å². The Balaban J connectivity index is 2.36. The van der Waals surface area contributed by atoms with Crippen molar-refractivity contribution in [2.75, 3.05) is 6.61 Å². The quantitative estimate of drug-likeness (QED) is 0.892. The Hall–Kier alpha value is -1.94. The molecule has 0 heterocycles. The van der Waals surface area contributed by atoms with Crippen LogP contribution in [0.25, 0.3) is 0 Å². The van der Waals surface area contributed by atoms with E-state index in [1.165, 1.54) is 18.2 Å². The highest BCUT2D eigenvalue weighted by atomic mass is 19.3. The maximum absolute atomic E-state index is 12.7. The largest absolute Gasteiger partial charge is 0.493 e. The molecule has 0 saturated carbocycles. The molecule has 0 aromatic heterocycles. The number of aliphatic hydroxyl groups is 1.